The topological polar surface area (TPSA) is 60.4 Å². The Hall–Kier alpha value is -1.55. The molecular weight excluding hydrogens is 202 g/mol. The van der Waals surface area contributed by atoms with Crippen LogP contribution >= 0.6 is 11.6 Å². The van der Waals surface area contributed by atoms with E-state index in [1.807, 2.05) is 0 Å². The van der Waals surface area contributed by atoms with Gasteiger partial charge in [-0.3, -0.25) is 9.20 Å². The number of nitrogens with zero attached hydrogens (tertiary/aromatic N) is 2. The highest BCUT2D eigenvalue weighted by Crippen LogP contribution is 2.17. The van der Waals surface area contributed by atoms with Crippen LogP contribution in [0.2, 0.25) is 5.15 Å². The molecule has 0 fully saturated rings. The zero-order valence-corrected chi connectivity index (χ0v) is 8.25. The molecule has 0 aromatic carbocycles. The predicted octanol–water partition coefficient (Wildman–Crippen LogP) is 1.40. The molecule has 0 atom stereocenters. The molecule has 2 aromatic heterocycles. The number of carbonyl (C=O) groups is 1. The number of primary amides is 1. The number of pyridine rings is 1. The van der Waals surface area contributed by atoms with Crippen LogP contribution in [0.15, 0.2) is 18.2 Å². The van der Waals surface area contributed by atoms with E-state index in [9.17, 15) is 4.79 Å². The number of hydrogen-bond donors (Lipinski definition) is 1. The van der Waals surface area contributed by atoms with E-state index in [-0.39, 0.29) is 5.69 Å². The predicted molar refractivity (Wildman–Crippen MR) is 53.5 cm³/mol. The number of fused-ring (bicyclic) bond motifs is 1. The van der Waals surface area contributed by atoms with E-state index in [4.69, 9.17) is 17.3 Å². The summed E-state index contributed by atoms with van der Waals surface area (Å²) in [6.07, 6.45) is 0. The average molecular weight is 210 g/mol. The van der Waals surface area contributed by atoms with Crippen LogP contribution in [-0.4, -0.2) is 15.3 Å². The van der Waals surface area contributed by atoms with Crippen molar-refractivity contribution in [3.05, 3.63) is 34.7 Å². The van der Waals surface area contributed by atoms with E-state index in [1.165, 1.54) is 0 Å². The van der Waals surface area contributed by atoms with E-state index < -0.39 is 5.91 Å². The Morgan fingerprint density at radius 1 is 1.57 bits per heavy atom. The van der Waals surface area contributed by atoms with E-state index >= 15 is 0 Å². The summed E-state index contributed by atoms with van der Waals surface area (Å²) < 4.78 is 1.68. The summed E-state index contributed by atoms with van der Waals surface area (Å²) in [5, 5.41) is 0.514. The third-order valence-corrected chi connectivity index (χ3v) is 2.35. The van der Waals surface area contributed by atoms with Crippen molar-refractivity contribution in [1.82, 2.24) is 9.38 Å². The lowest BCUT2D eigenvalue weighted by molar-refractivity contribution is 0.0995. The molecule has 5 heteroatoms. The van der Waals surface area contributed by atoms with E-state index in [0.29, 0.717) is 16.5 Å². The van der Waals surface area contributed by atoms with Crippen molar-refractivity contribution in [2.75, 3.05) is 0 Å². The standard InChI is InChI=1S/C9H8ClN3O/c1-5-8(9(11)14)12-7-4-2-3-6(10)13(5)7/h2-4H,1H3,(H2,11,14). The first kappa shape index (κ1) is 9.02. The summed E-state index contributed by atoms with van der Waals surface area (Å²) >= 11 is 5.95. The number of amides is 1. The molecular formula is C9H8ClN3O. The third kappa shape index (κ3) is 1.15. The molecule has 0 saturated carbocycles. The van der Waals surface area contributed by atoms with Crippen molar-refractivity contribution in [2.24, 2.45) is 5.73 Å². The second-order valence-corrected chi connectivity index (χ2v) is 3.34. The largest absolute Gasteiger partial charge is 0.364 e. The molecule has 1 amide bonds. The number of halogens is 1. The third-order valence-electron chi connectivity index (χ3n) is 2.06. The Morgan fingerprint density at radius 3 is 2.86 bits per heavy atom. The number of carbonyl (C=O) groups excluding carboxylic acids is 1. The first-order valence-corrected chi connectivity index (χ1v) is 4.42. The van der Waals surface area contributed by atoms with Gasteiger partial charge >= 0.3 is 0 Å². The highest BCUT2D eigenvalue weighted by Gasteiger charge is 2.13. The molecule has 0 saturated heterocycles. The molecule has 0 spiro atoms. The normalized spacial score (nSPS) is 10.7. The summed E-state index contributed by atoms with van der Waals surface area (Å²) in [5.74, 6) is -0.540. The smallest absolute Gasteiger partial charge is 0.269 e. The van der Waals surface area contributed by atoms with Gasteiger partial charge in [-0.1, -0.05) is 17.7 Å². The van der Waals surface area contributed by atoms with Gasteiger partial charge < -0.3 is 5.73 Å². The molecule has 4 nitrogen and oxygen atoms in total. The molecule has 2 rings (SSSR count). The first-order valence-electron chi connectivity index (χ1n) is 4.04. The van der Waals surface area contributed by atoms with Crippen LogP contribution in [0.25, 0.3) is 5.65 Å². The van der Waals surface area contributed by atoms with Crippen molar-refractivity contribution in [2.45, 2.75) is 6.92 Å². The Kier molecular flexibility index (Phi) is 1.93. The van der Waals surface area contributed by atoms with Crippen LogP contribution in [0.4, 0.5) is 0 Å². The lowest BCUT2D eigenvalue weighted by Gasteiger charge is -1.98. The molecule has 14 heavy (non-hydrogen) atoms. The zero-order valence-electron chi connectivity index (χ0n) is 7.49. The fourth-order valence-corrected chi connectivity index (χ4v) is 1.71. The monoisotopic (exact) mass is 209 g/mol. The van der Waals surface area contributed by atoms with Gasteiger partial charge in [0, 0.05) is 0 Å². The van der Waals surface area contributed by atoms with Gasteiger partial charge in [-0.05, 0) is 19.1 Å². The minimum Gasteiger partial charge on any atom is -0.364 e. The minimum atomic E-state index is -0.540. The maximum Gasteiger partial charge on any atom is 0.269 e. The second kappa shape index (κ2) is 2.99. The van der Waals surface area contributed by atoms with Gasteiger partial charge in [0.05, 0.1) is 5.69 Å². The SMILES string of the molecule is Cc1c(C(N)=O)nc2cccc(Cl)n12. The Bertz CT molecular complexity index is 518. The fraction of sp³-hybridized carbons (Fsp3) is 0.111. The van der Waals surface area contributed by atoms with Gasteiger partial charge in [0.2, 0.25) is 0 Å². The van der Waals surface area contributed by atoms with Crippen molar-refractivity contribution in [3.8, 4) is 0 Å². The number of aromatic nitrogens is 2. The second-order valence-electron chi connectivity index (χ2n) is 2.95. The fourth-order valence-electron chi connectivity index (χ4n) is 1.43. The minimum absolute atomic E-state index is 0.262. The summed E-state index contributed by atoms with van der Waals surface area (Å²) in [4.78, 5) is 15.1. The van der Waals surface area contributed by atoms with Gasteiger partial charge in [0.15, 0.2) is 0 Å². The molecule has 0 radical (unpaired) electrons. The van der Waals surface area contributed by atoms with Crippen LogP contribution in [0.3, 0.4) is 0 Å². The molecule has 2 N–H and O–H groups in total. The molecule has 0 aliphatic carbocycles. The van der Waals surface area contributed by atoms with Gasteiger partial charge in [-0.2, -0.15) is 0 Å². The Labute approximate surface area is 85.3 Å². The average Bonchev–Trinajstić information content (AvgIpc) is 2.45. The van der Waals surface area contributed by atoms with E-state index in [0.717, 1.165) is 0 Å². The van der Waals surface area contributed by atoms with Crippen LogP contribution in [-0.2, 0) is 0 Å². The number of aryl methyl sites for hydroxylation is 1. The van der Waals surface area contributed by atoms with Gasteiger partial charge in [0.25, 0.3) is 5.91 Å². The maximum atomic E-state index is 11.0. The van der Waals surface area contributed by atoms with Crippen LogP contribution < -0.4 is 5.73 Å². The van der Waals surface area contributed by atoms with Gasteiger partial charge in [-0.25, -0.2) is 4.98 Å². The van der Waals surface area contributed by atoms with Crippen LogP contribution in [0, 0.1) is 6.92 Å². The summed E-state index contributed by atoms with van der Waals surface area (Å²) in [7, 11) is 0. The van der Waals surface area contributed by atoms with Crippen molar-refractivity contribution in [1.29, 1.82) is 0 Å². The molecule has 2 aromatic rings. The van der Waals surface area contributed by atoms with Gasteiger partial charge in [-0.15, -0.1) is 0 Å². The molecule has 0 bridgehead atoms. The van der Waals surface area contributed by atoms with E-state index in [1.54, 1.807) is 29.5 Å². The highest BCUT2D eigenvalue weighted by molar-refractivity contribution is 6.29. The summed E-state index contributed by atoms with van der Waals surface area (Å²) in [6, 6.07) is 5.27. The van der Waals surface area contributed by atoms with E-state index in [2.05, 4.69) is 4.98 Å². The maximum absolute atomic E-state index is 11.0. The van der Waals surface area contributed by atoms with Crippen molar-refractivity contribution in [3.63, 3.8) is 0 Å². The quantitative estimate of drug-likeness (QED) is 0.722. The molecule has 0 aliphatic rings. The molecule has 2 heterocycles. The Morgan fingerprint density at radius 2 is 2.29 bits per heavy atom. The van der Waals surface area contributed by atoms with Crippen LogP contribution in [0.5, 0.6) is 0 Å². The van der Waals surface area contributed by atoms with Crippen molar-refractivity contribution >= 4 is 23.2 Å². The number of rotatable bonds is 1. The first-order chi connectivity index (χ1) is 6.61. The molecule has 0 unspecified atom stereocenters. The molecule has 72 valence electrons. The summed E-state index contributed by atoms with van der Waals surface area (Å²) in [5.41, 5.74) is 6.73. The van der Waals surface area contributed by atoms with Crippen molar-refractivity contribution < 1.29 is 4.79 Å². The summed E-state index contributed by atoms with van der Waals surface area (Å²) in [6.45, 7) is 1.76. The number of hydrogen-bond acceptors (Lipinski definition) is 2. The highest BCUT2D eigenvalue weighted by atomic mass is 35.5. The Balaban J connectivity index is 2.87. The lowest BCUT2D eigenvalue weighted by atomic mass is 10.3. The number of imidazole rings is 1. The molecule has 0 aliphatic heterocycles. The lowest BCUT2D eigenvalue weighted by Crippen LogP contribution is -2.12. The van der Waals surface area contributed by atoms with Gasteiger partial charge in [0.1, 0.15) is 16.5 Å². The van der Waals surface area contributed by atoms with Crippen LogP contribution in [0.1, 0.15) is 16.2 Å². The zero-order chi connectivity index (χ0) is 10.3. The number of nitrogens with two attached hydrogens (primary N) is 1.